The van der Waals surface area contributed by atoms with Gasteiger partial charge in [0.2, 0.25) is 5.91 Å². The third kappa shape index (κ3) is 4.60. The first-order chi connectivity index (χ1) is 8.40. The van der Waals surface area contributed by atoms with Crippen molar-refractivity contribution >= 4 is 21.8 Å². The van der Waals surface area contributed by atoms with Crippen molar-refractivity contribution in [2.75, 3.05) is 0 Å². The predicted molar refractivity (Wildman–Crippen MR) is 68.0 cm³/mol. The molecule has 0 aliphatic rings. The minimum atomic E-state index is -2.85. The molecule has 0 saturated carbocycles. The Morgan fingerprint density at radius 2 is 2.06 bits per heavy atom. The van der Waals surface area contributed by atoms with Crippen LogP contribution in [0.15, 0.2) is 24.3 Å². The van der Waals surface area contributed by atoms with Gasteiger partial charge in [0.1, 0.15) is 5.75 Å². The molecule has 0 fully saturated rings. The van der Waals surface area contributed by atoms with Crippen molar-refractivity contribution in [3.8, 4) is 5.75 Å². The third-order valence-electron chi connectivity index (χ3n) is 2.30. The number of hydrogen-bond acceptors (Lipinski definition) is 2. The fraction of sp³-hybridized carbons (Fsp3) is 0.417. The maximum atomic E-state index is 12.1. The van der Waals surface area contributed by atoms with Crippen LogP contribution in [0.3, 0.4) is 0 Å². The Kier molecular flexibility index (Phi) is 5.53. The summed E-state index contributed by atoms with van der Waals surface area (Å²) in [5, 5.41) is 2.75. The number of carbonyl (C=O) groups excluding carboxylic acids is 1. The van der Waals surface area contributed by atoms with Crippen LogP contribution >= 0.6 is 15.9 Å². The fourth-order valence-electron chi connectivity index (χ4n) is 1.37. The highest BCUT2D eigenvalue weighted by Crippen LogP contribution is 2.20. The van der Waals surface area contributed by atoms with Crippen molar-refractivity contribution in [3.63, 3.8) is 0 Å². The van der Waals surface area contributed by atoms with Crippen LogP contribution in [0.5, 0.6) is 5.75 Å². The second-order valence-corrected chi connectivity index (χ2v) is 5.17. The van der Waals surface area contributed by atoms with Crippen LogP contribution in [0.25, 0.3) is 0 Å². The van der Waals surface area contributed by atoms with Crippen molar-refractivity contribution < 1.29 is 18.3 Å². The number of nitrogens with one attached hydrogen (secondary N) is 1. The molecule has 1 amide bonds. The van der Waals surface area contributed by atoms with Crippen LogP contribution in [0.4, 0.5) is 8.78 Å². The summed E-state index contributed by atoms with van der Waals surface area (Å²) < 4.78 is 28.4. The second kappa shape index (κ2) is 6.68. The van der Waals surface area contributed by atoms with Crippen LogP contribution in [0, 0.1) is 0 Å². The van der Waals surface area contributed by atoms with Gasteiger partial charge in [0, 0.05) is 0 Å². The first kappa shape index (κ1) is 14.9. The molecule has 0 heterocycles. The maximum absolute atomic E-state index is 12.1. The number of ether oxygens (including phenoxy) is 1. The molecular weight excluding hydrogens is 308 g/mol. The minimum absolute atomic E-state index is 0.0792. The molecule has 0 aromatic heterocycles. The molecule has 1 rings (SSSR count). The van der Waals surface area contributed by atoms with Crippen molar-refractivity contribution in [2.24, 2.45) is 0 Å². The van der Waals surface area contributed by atoms with E-state index in [4.69, 9.17) is 0 Å². The first-order valence-corrected chi connectivity index (χ1v) is 6.31. The largest absolute Gasteiger partial charge is 0.435 e. The maximum Gasteiger partial charge on any atom is 0.387 e. The SMILES string of the molecule is CC(Br)C(=O)NC(C)c1cccc(OC(F)F)c1. The highest BCUT2D eigenvalue weighted by molar-refractivity contribution is 9.10. The molecule has 2 atom stereocenters. The molecule has 1 aromatic carbocycles. The molecule has 100 valence electrons. The highest BCUT2D eigenvalue weighted by Gasteiger charge is 2.14. The molecule has 2 unspecified atom stereocenters. The Morgan fingerprint density at radius 1 is 1.39 bits per heavy atom. The third-order valence-corrected chi connectivity index (χ3v) is 2.72. The first-order valence-electron chi connectivity index (χ1n) is 5.39. The summed E-state index contributed by atoms with van der Waals surface area (Å²) in [4.78, 5) is 11.2. The number of rotatable bonds is 5. The van der Waals surface area contributed by atoms with Gasteiger partial charge in [-0.05, 0) is 31.5 Å². The average Bonchev–Trinajstić information content (AvgIpc) is 2.28. The van der Waals surface area contributed by atoms with Gasteiger partial charge < -0.3 is 10.1 Å². The van der Waals surface area contributed by atoms with Gasteiger partial charge in [-0.15, -0.1) is 0 Å². The van der Waals surface area contributed by atoms with E-state index in [9.17, 15) is 13.6 Å². The lowest BCUT2D eigenvalue weighted by molar-refractivity contribution is -0.120. The zero-order valence-corrected chi connectivity index (χ0v) is 11.6. The Balaban J connectivity index is 2.73. The van der Waals surface area contributed by atoms with Crippen molar-refractivity contribution in [1.29, 1.82) is 0 Å². The molecule has 0 bridgehead atoms. The predicted octanol–water partition coefficient (Wildman–Crippen LogP) is 3.25. The molecule has 0 aliphatic heterocycles. The molecular formula is C12H14BrF2NO2. The number of amides is 1. The molecule has 0 saturated heterocycles. The number of carbonyl (C=O) groups is 1. The minimum Gasteiger partial charge on any atom is -0.435 e. The van der Waals surface area contributed by atoms with Crippen LogP contribution < -0.4 is 10.1 Å². The molecule has 3 nitrogen and oxygen atoms in total. The topological polar surface area (TPSA) is 38.3 Å². The van der Waals surface area contributed by atoms with Gasteiger partial charge in [-0.2, -0.15) is 8.78 Å². The molecule has 1 aromatic rings. The highest BCUT2D eigenvalue weighted by atomic mass is 79.9. The fourth-order valence-corrected chi connectivity index (χ4v) is 1.50. The van der Waals surface area contributed by atoms with E-state index in [-0.39, 0.29) is 22.5 Å². The Bertz CT molecular complexity index is 413. The molecule has 0 spiro atoms. The lowest BCUT2D eigenvalue weighted by atomic mass is 10.1. The summed E-state index contributed by atoms with van der Waals surface area (Å²) >= 11 is 3.15. The molecule has 0 radical (unpaired) electrons. The van der Waals surface area contributed by atoms with Crippen molar-refractivity contribution in [3.05, 3.63) is 29.8 Å². The van der Waals surface area contributed by atoms with Crippen LogP contribution in [0.2, 0.25) is 0 Å². The van der Waals surface area contributed by atoms with E-state index in [1.54, 1.807) is 26.0 Å². The zero-order valence-electron chi connectivity index (χ0n) is 9.99. The van der Waals surface area contributed by atoms with E-state index in [0.717, 1.165) is 0 Å². The Hall–Kier alpha value is -1.17. The van der Waals surface area contributed by atoms with Crippen LogP contribution in [-0.4, -0.2) is 17.3 Å². The van der Waals surface area contributed by atoms with E-state index in [2.05, 4.69) is 26.0 Å². The van der Waals surface area contributed by atoms with Crippen molar-refractivity contribution in [1.82, 2.24) is 5.32 Å². The van der Waals surface area contributed by atoms with Gasteiger partial charge >= 0.3 is 6.61 Å². The van der Waals surface area contributed by atoms with E-state index >= 15 is 0 Å². The standard InChI is InChI=1S/C12H14BrF2NO2/c1-7(13)11(17)16-8(2)9-4-3-5-10(6-9)18-12(14)15/h3-8,12H,1-2H3,(H,16,17). The van der Waals surface area contributed by atoms with Gasteiger partial charge in [-0.25, -0.2) is 0 Å². The van der Waals surface area contributed by atoms with Gasteiger partial charge in [-0.3, -0.25) is 4.79 Å². The zero-order chi connectivity index (χ0) is 13.7. The number of benzene rings is 1. The van der Waals surface area contributed by atoms with Gasteiger partial charge in [-0.1, -0.05) is 28.1 Å². The van der Waals surface area contributed by atoms with Gasteiger partial charge in [0.05, 0.1) is 10.9 Å². The normalized spacial score (nSPS) is 14.1. The molecule has 0 aliphatic carbocycles. The van der Waals surface area contributed by atoms with Gasteiger partial charge in [0.25, 0.3) is 0 Å². The van der Waals surface area contributed by atoms with Crippen molar-refractivity contribution in [2.45, 2.75) is 31.3 Å². The van der Waals surface area contributed by atoms with E-state index in [1.807, 2.05) is 0 Å². The Labute approximate surface area is 113 Å². The van der Waals surface area contributed by atoms with Crippen LogP contribution in [-0.2, 0) is 4.79 Å². The van der Waals surface area contributed by atoms with E-state index < -0.39 is 6.61 Å². The summed E-state index contributed by atoms with van der Waals surface area (Å²) in [6.45, 7) is 0.625. The van der Waals surface area contributed by atoms with Gasteiger partial charge in [0.15, 0.2) is 0 Å². The van der Waals surface area contributed by atoms with Crippen LogP contribution in [0.1, 0.15) is 25.5 Å². The summed E-state index contributed by atoms with van der Waals surface area (Å²) in [6.07, 6.45) is 0. The van der Waals surface area contributed by atoms with E-state index in [1.165, 1.54) is 12.1 Å². The molecule has 1 N–H and O–H groups in total. The summed E-state index contributed by atoms with van der Waals surface area (Å²) in [5.41, 5.74) is 0.703. The lowest BCUT2D eigenvalue weighted by Gasteiger charge is -2.16. The monoisotopic (exact) mass is 321 g/mol. The summed E-state index contributed by atoms with van der Waals surface area (Å²) in [5.74, 6) is -0.0850. The molecule has 18 heavy (non-hydrogen) atoms. The second-order valence-electron chi connectivity index (χ2n) is 3.80. The number of hydrogen-bond donors (Lipinski definition) is 1. The number of alkyl halides is 3. The Morgan fingerprint density at radius 3 is 2.61 bits per heavy atom. The average molecular weight is 322 g/mol. The molecule has 6 heteroatoms. The number of halogens is 3. The summed E-state index contributed by atoms with van der Waals surface area (Å²) in [7, 11) is 0. The quantitative estimate of drug-likeness (QED) is 0.845. The smallest absolute Gasteiger partial charge is 0.387 e. The lowest BCUT2D eigenvalue weighted by Crippen LogP contribution is -2.31. The summed E-state index contributed by atoms with van der Waals surface area (Å²) in [6, 6.07) is 5.99. The van der Waals surface area contributed by atoms with E-state index in [0.29, 0.717) is 5.56 Å².